The lowest BCUT2D eigenvalue weighted by molar-refractivity contribution is -0.156. The van der Waals surface area contributed by atoms with E-state index in [9.17, 15) is 9.90 Å². The number of pyridine rings is 1. The normalized spacial score (nSPS) is 20.2. The Morgan fingerprint density at radius 1 is 1.27 bits per heavy atom. The van der Waals surface area contributed by atoms with E-state index >= 15 is 0 Å². The van der Waals surface area contributed by atoms with Crippen LogP contribution in [-0.2, 0) is 9.53 Å². The molecule has 0 amide bonds. The van der Waals surface area contributed by atoms with Crippen LogP contribution in [0.1, 0.15) is 29.7 Å². The van der Waals surface area contributed by atoms with Crippen LogP contribution in [-0.4, -0.2) is 35.4 Å². The van der Waals surface area contributed by atoms with Gasteiger partial charge in [-0.15, -0.1) is 0 Å². The summed E-state index contributed by atoms with van der Waals surface area (Å²) in [4.78, 5) is 16.2. The zero-order valence-corrected chi connectivity index (χ0v) is 15.2. The number of aliphatic hydroxyl groups is 1. The highest BCUT2D eigenvalue weighted by Gasteiger charge is 2.25. The molecular weight excluding hydrogens is 330 g/mol. The molecule has 2 atom stereocenters. The molecule has 26 heavy (non-hydrogen) atoms. The minimum Gasteiger partial charge on any atom is -0.497 e. The number of hydrogen-bond donors (Lipinski definition) is 1. The molecule has 1 fully saturated rings. The third-order valence-corrected chi connectivity index (χ3v) is 4.42. The highest BCUT2D eigenvalue weighted by molar-refractivity contribution is 5.75. The van der Waals surface area contributed by atoms with Gasteiger partial charge in [0.2, 0.25) is 0 Å². The highest BCUT2D eigenvalue weighted by Crippen LogP contribution is 2.28. The van der Waals surface area contributed by atoms with Crippen LogP contribution in [0.5, 0.6) is 5.75 Å². The van der Waals surface area contributed by atoms with Gasteiger partial charge < -0.3 is 14.6 Å². The number of methoxy groups -OCH3 is 1. The Balaban J connectivity index is 1.95. The topological polar surface area (TPSA) is 68.7 Å². The van der Waals surface area contributed by atoms with Gasteiger partial charge in [0.1, 0.15) is 11.9 Å². The van der Waals surface area contributed by atoms with Crippen molar-refractivity contribution in [3.05, 3.63) is 53.2 Å². The fourth-order valence-corrected chi connectivity index (χ4v) is 3.16. The number of aliphatic hydroxyl groups excluding tert-OH is 1. The van der Waals surface area contributed by atoms with Crippen LogP contribution in [0.25, 0.3) is 17.3 Å². The van der Waals surface area contributed by atoms with Gasteiger partial charge in [-0.1, -0.05) is 6.08 Å². The Labute approximate surface area is 153 Å². The third kappa shape index (κ3) is 4.11. The molecule has 0 unspecified atom stereocenters. The van der Waals surface area contributed by atoms with Crippen LogP contribution in [0, 0.1) is 13.8 Å². The molecule has 2 heterocycles. The minimum atomic E-state index is -0.649. The van der Waals surface area contributed by atoms with Gasteiger partial charge in [-0.05, 0) is 55.8 Å². The summed E-state index contributed by atoms with van der Waals surface area (Å²) in [5.41, 5.74) is 4.84. The molecule has 136 valence electrons. The van der Waals surface area contributed by atoms with Gasteiger partial charge in [-0.3, -0.25) is 9.78 Å². The Hall–Kier alpha value is -2.66. The summed E-state index contributed by atoms with van der Waals surface area (Å²) in [6.45, 7) is 4.00. The third-order valence-electron chi connectivity index (χ3n) is 4.42. The molecule has 0 bridgehead atoms. The van der Waals surface area contributed by atoms with Crippen molar-refractivity contribution in [2.24, 2.45) is 0 Å². The summed E-state index contributed by atoms with van der Waals surface area (Å²) >= 11 is 0. The summed E-state index contributed by atoms with van der Waals surface area (Å²) in [6.07, 6.45) is 3.16. The molecule has 5 heteroatoms. The molecule has 3 rings (SSSR count). The fraction of sp³-hybridized carbons (Fsp3) is 0.333. The van der Waals surface area contributed by atoms with Gasteiger partial charge in [-0.25, -0.2) is 0 Å². The van der Waals surface area contributed by atoms with Crippen LogP contribution in [0.3, 0.4) is 0 Å². The predicted octanol–water partition coefficient (Wildman–Crippen LogP) is 3.45. The number of carbonyl (C=O) groups is 1. The van der Waals surface area contributed by atoms with Crippen LogP contribution in [0.4, 0.5) is 0 Å². The number of benzene rings is 1. The van der Waals surface area contributed by atoms with E-state index in [1.807, 2.05) is 56.3 Å². The standard InChI is InChI=1S/C21H23NO4/c1-13-10-14(2)22-21(15-4-6-17(25-3)7-5-15)19(13)9-8-18-11-16(23)12-20(24)26-18/h4-10,16,18,23H,11-12H2,1-3H3/b9-8+/t16-,18-/m1/s1. The molecule has 1 aliphatic rings. The maximum atomic E-state index is 11.5. The van der Waals surface area contributed by atoms with Gasteiger partial charge in [-0.2, -0.15) is 0 Å². The summed E-state index contributed by atoms with van der Waals surface area (Å²) < 4.78 is 10.5. The van der Waals surface area contributed by atoms with Crippen LogP contribution in [0.2, 0.25) is 0 Å². The first kappa shape index (κ1) is 18.1. The smallest absolute Gasteiger partial charge is 0.309 e. The zero-order chi connectivity index (χ0) is 18.7. The maximum Gasteiger partial charge on any atom is 0.309 e. The Kier molecular flexibility index (Phi) is 5.38. The van der Waals surface area contributed by atoms with Crippen LogP contribution in [0.15, 0.2) is 36.4 Å². The van der Waals surface area contributed by atoms with Crippen LogP contribution >= 0.6 is 0 Å². The van der Waals surface area contributed by atoms with E-state index in [4.69, 9.17) is 14.5 Å². The lowest BCUT2D eigenvalue weighted by Crippen LogP contribution is -2.31. The molecule has 1 aromatic carbocycles. The molecule has 1 aromatic heterocycles. The van der Waals surface area contributed by atoms with Crippen molar-refractivity contribution >= 4 is 12.0 Å². The number of aromatic nitrogens is 1. The average Bonchev–Trinajstić information content (AvgIpc) is 2.59. The summed E-state index contributed by atoms with van der Waals surface area (Å²) in [6, 6.07) is 9.78. The molecule has 0 spiro atoms. The molecule has 0 saturated carbocycles. The fourth-order valence-electron chi connectivity index (χ4n) is 3.16. The second-order valence-electron chi connectivity index (χ2n) is 6.55. The second kappa shape index (κ2) is 7.70. The molecule has 1 N–H and O–H groups in total. The van der Waals surface area contributed by atoms with E-state index in [2.05, 4.69) is 0 Å². The second-order valence-corrected chi connectivity index (χ2v) is 6.55. The number of carbonyl (C=O) groups excluding carboxylic acids is 1. The summed E-state index contributed by atoms with van der Waals surface area (Å²) in [5, 5.41) is 9.76. The molecule has 1 saturated heterocycles. The quantitative estimate of drug-likeness (QED) is 0.853. The van der Waals surface area contributed by atoms with Crippen molar-refractivity contribution in [2.45, 2.75) is 38.9 Å². The van der Waals surface area contributed by atoms with Crippen LogP contribution < -0.4 is 4.74 Å². The molecule has 2 aromatic rings. The maximum absolute atomic E-state index is 11.5. The summed E-state index contributed by atoms with van der Waals surface area (Å²) in [5.74, 6) is 0.422. The number of rotatable bonds is 4. The van der Waals surface area contributed by atoms with Gasteiger partial charge in [0.15, 0.2) is 0 Å². The minimum absolute atomic E-state index is 0.0621. The lowest BCUT2D eigenvalue weighted by atomic mass is 9.98. The van der Waals surface area contributed by atoms with E-state index in [-0.39, 0.29) is 12.4 Å². The van der Waals surface area contributed by atoms with Crippen molar-refractivity contribution in [3.8, 4) is 17.0 Å². The van der Waals surface area contributed by atoms with E-state index in [1.54, 1.807) is 7.11 Å². The number of ether oxygens (including phenoxy) is 2. The first-order chi connectivity index (χ1) is 12.5. The van der Waals surface area contributed by atoms with E-state index < -0.39 is 12.2 Å². The van der Waals surface area contributed by atoms with Crippen molar-refractivity contribution in [1.82, 2.24) is 4.98 Å². The number of aryl methyl sites for hydroxylation is 2. The zero-order valence-electron chi connectivity index (χ0n) is 15.2. The predicted molar refractivity (Wildman–Crippen MR) is 99.9 cm³/mol. The van der Waals surface area contributed by atoms with Gasteiger partial charge in [0.05, 0.1) is 25.3 Å². The first-order valence-corrected chi connectivity index (χ1v) is 8.64. The largest absolute Gasteiger partial charge is 0.497 e. The van der Waals surface area contributed by atoms with Crippen molar-refractivity contribution in [3.63, 3.8) is 0 Å². The number of hydrogen-bond acceptors (Lipinski definition) is 5. The van der Waals surface area contributed by atoms with Gasteiger partial charge in [0, 0.05) is 23.2 Å². The molecule has 0 radical (unpaired) electrons. The Bertz CT molecular complexity index is 827. The molecule has 0 aliphatic carbocycles. The molecule has 5 nitrogen and oxygen atoms in total. The van der Waals surface area contributed by atoms with Gasteiger partial charge >= 0.3 is 5.97 Å². The van der Waals surface area contributed by atoms with E-state index in [1.165, 1.54) is 0 Å². The van der Waals surface area contributed by atoms with Crippen molar-refractivity contribution < 1.29 is 19.4 Å². The molecule has 1 aliphatic heterocycles. The van der Waals surface area contributed by atoms with Crippen molar-refractivity contribution in [1.29, 1.82) is 0 Å². The lowest BCUT2D eigenvalue weighted by Gasteiger charge is -2.23. The monoisotopic (exact) mass is 353 g/mol. The average molecular weight is 353 g/mol. The summed E-state index contributed by atoms with van der Waals surface area (Å²) in [7, 11) is 1.64. The highest BCUT2D eigenvalue weighted by atomic mass is 16.5. The number of cyclic esters (lactones) is 1. The number of nitrogens with zero attached hydrogens (tertiary/aromatic N) is 1. The first-order valence-electron chi connectivity index (χ1n) is 8.64. The number of esters is 1. The van der Waals surface area contributed by atoms with E-state index in [0.717, 1.165) is 33.8 Å². The van der Waals surface area contributed by atoms with E-state index in [0.29, 0.717) is 6.42 Å². The van der Waals surface area contributed by atoms with Crippen molar-refractivity contribution in [2.75, 3.05) is 7.11 Å². The van der Waals surface area contributed by atoms with Gasteiger partial charge in [0.25, 0.3) is 0 Å². The molecular formula is C21H23NO4. The Morgan fingerprint density at radius 2 is 2.00 bits per heavy atom. The SMILES string of the molecule is COc1ccc(-c2nc(C)cc(C)c2/C=C/[C@@H]2C[C@@H](O)CC(=O)O2)cc1. The Morgan fingerprint density at radius 3 is 2.65 bits per heavy atom.